The molecule has 0 atom stereocenters. The zero-order valence-corrected chi connectivity index (χ0v) is 14.1. The second kappa shape index (κ2) is 4.68. The Bertz CT molecular complexity index is 1040. The average Bonchev–Trinajstić information content (AvgIpc) is 2.50. The molecular weight excluding hydrogens is 369 g/mol. The van der Waals surface area contributed by atoms with E-state index in [0.717, 1.165) is 26.9 Å². The van der Waals surface area contributed by atoms with Gasteiger partial charge in [-0.05, 0) is 10.8 Å². The maximum atomic E-state index is 6.44. The fourth-order valence-electron chi connectivity index (χ4n) is 2.87. The number of rotatable bonds is 0. The molecule has 104 valence electrons. The summed E-state index contributed by atoms with van der Waals surface area (Å²) in [6, 6.07) is 9.82. The van der Waals surface area contributed by atoms with Crippen LogP contribution in [0.4, 0.5) is 0 Å². The van der Waals surface area contributed by atoms with Gasteiger partial charge in [0.05, 0.1) is 25.1 Å². The second-order valence-electron chi connectivity index (χ2n) is 4.84. The molecular formula is C16H5Cl5. The summed E-state index contributed by atoms with van der Waals surface area (Å²) in [5, 5.41) is 7.24. The van der Waals surface area contributed by atoms with Crippen LogP contribution in [0.3, 0.4) is 0 Å². The maximum Gasteiger partial charge on any atom is 0.0791 e. The number of hydrogen-bond acceptors (Lipinski definition) is 0. The second-order valence-corrected chi connectivity index (χ2v) is 6.73. The molecule has 0 fully saturated rings. The average molecular weight is 374 g/mol. The number of benzene rings is 4. The van der Waals surface area contributed by atoms with Gasteiger partial charge in [-0.1, -0.05) is 88.3 Å². The molecule has 0 aliphatic rings. The number of halogens is 5. The normalized spacial score (nSPS) is 12.0. The summed E-state index contributed by atoms with van der Waals surface area (Å²) in [5.41, 5.74) is 0. The third-order valence-electron chi connectivity index (χ3n) is 3.79. The van der Waals surface area contributed by atoms with E-state index >= 15 is 0 Å². The first-order valence-corrected chi connectivity index (χ1v) is 7.99. The molecule has 0 bridgehead atoms. The predicted octanol–water partition coefficient (Wildman–Crippen LogP) is 7.85. The maximum absolute atomic E-state index is 6.44. The van der Waals surface area contributed by atoms with Crippen molar-refractivity contribution in [2.24, 2.45) is 0 Å². The molecule has 5 heteroatoms. The van der Waals surface area contributed by atoms with Crippen molar-refractivity contribution in [3.63, 3.8) is 0 Å². The number of hydrogen-bond donors (Lipinski definition) is 0. The minimum atomic E-state index is 0.294. The lowest BCUT2D eigenvalue weighted by atomic mass is 9.94. The third-order valence-corrected chi connectivity index (χ3v) is 5.99. The van der Waals surface area contributed by atoms with E-state index in [0.29, 0.717) is 30.5 Å². The van der Waals surface area contributed by atoms with E-state index < -0.39 is 0 Å². The lowest BCUT2D eigenvalue weighted by Gasteiger charge is -2.17. The molecule has 0 aliphatic heterocycles. The standard InChI is InChI=1S/C16H5Cl5/c17-12-7-3-1-2-6-4-5-8-10(9(6)7)11(14(12)19)15(20)16(21)13(8)18/h1-5H. The molecule has 0 amide bonds. The minimum absolute atomic E-state index is 0.294. The van der Waals surface area contributed by atoms with Gasteiger partial charge in [0.25, 0.3) is 0 Å². The highest BCUT2D eigenvalue weighted by Gasteiger charge is 2.22. The van der Waals surface area contributed by atoms with Crippen LogP contribution in [0.5, 0.6) is 0 Å². The topological polar surface area (TPSA) is 0 Å². The summed E-state index contributed by atoms with van der Waals surface area (Å²) < 4.78 is 0. The molecule has 0 unspecified atom stereocenters. The van der Waals surface area contributed by atoms with Crippen molar-refractivity contribution in [1.29, 1.82) is 0 Å². The first-order valence-electron chi connectivity index (χ1n) is 6.10. The zero-order chi connectivity index (χ0) is 14.9. The molecule has 0 saturated carbocycles. The van der Waals surface area contributed by atoms with Gasteiger partial charge in [0.15, 0.2) is 0 Å². The first kappa shape index (κ1) is 14.0. The van der Waals surface area contributed by atoms with Crippen molar-refractivity contribution in [2.75, 3.05) is 0 Å². The molecule has 21 heavy (non-hydrogen) atoms. The van der Waals surface area contributed by atoms with Gasteiger partial charge < -0.3 is 0 Å². The Kier molecular flexibility index (Phi) is 3.12. The molecule has 0 radical (unpaired) electrons. The van der Waals surface area contributed by atoms with Crippen LogP contribution in [0.25, 0.3) is 32.3 Å². The summed E-state index contributed by atoms with van der Waals surface area (Å²) in [6.07, 6.45) is 0. The molecule has 4 aromatic carbocycles. The van der Waals surface area contributed by atoms with E-state index in [4.69, 9.17) is 58.0 Å². The summed E-state index contributed by atoms with van der Waals surface area (Å²) in [5.74, 6) is 0. The van der Waals surface area contributed by atoms with Crippen molar-refractivity contribution in [3.05, 3.63) is 55.4 Å². The van der Waals surface area contributed by atoms with Crippen molar-refractivity contribution in [2.45, 2.75) is 0 Å². The summed E-state index contributed by atoms with van der Waals surface area (Å²) >= 11 is 31.8. The van der Waals surface area contributed by atoms with E-state index in [-0.39, 0.29) is 0 Å². The van der Waals surface area contributed by atoms with Gasteiger partial charge in [0, 0.05) is 21.5 Å². The highest BCUT2D eigenvalue weighted by Crippen LogP contribution is 2.50. The molecule has 0 saturated heterocycles. The van der Waals surface area contributed by atoms with Gasteiger partial charge in [-0.15, -0.1) is 0 Å². The highest BCUT2D eigenvalue weighted by molar-refractivity contribution is 6.58. The van der Waals surface area contributed by atoms with Crippen molar-refractivity contribution in [1.82, 2.24) is 0 Å². The van der Waals surface area contributed by atoms with Gasteiger partial charge >= 0.3 is 0 Å². The SMILES string of the molecule is Clc1c(Cl)c2ccc3cccc4c(Cl)c(Cl)c(c1Cl)c2c34. The molecule has 0 aromatic heterocycles. The third kappa shape index (κ3) is 1.72. The van der Waals surface area contributed by atoms with Crippen molar-refractivity contribution < 1.29 is 0 Å². The van der Waals surface area contributed by atoms with Gasteiger partial charge in [0.2, 0.25) is 0 Å². The molecule has 0 nitrogen and oxygen atoms in total. The Morgan fingerprint density at radius 1 is 0.476 bits per heavy atom. The van der Waals surface area contributed by atoms with Crippen LogP contribution >= 0.6 is 58.0 Å². The minimum Gasteiger partial charge on any atom is -0.0820 e. The fraction of sp³-hybridized carbons (Fsp3) is 0. The first-order chi connectivity index (χ1) is 10.0. The van der Waals surface area contributed by atoms with Crippen molar-refractivity contribution in [3.8, 4) is 0 Å². The quantitative estimate of drug-likeness (QED) is 0.217. The lowest BCUT2D eigenvalue weighted by molar-refractivity contribution is 1.77. The van der Waals surface area contributed by atoms with Crippen LogP contribution in [0.1, 0.15) is 0 Å². The van der Waals surface area contributed by atoms with Crippen LogP contribution in [-0.2, 0) is 0 Å². The van der Waals surface area contributed by atoms with Crippen LogP contribution in [0.2, 0.25) is 25.1 Å². The molecule has 0 aliphatic carbocycles. The van der Waals surface area contributed by atoms with Crippen LogP contribution in [0.15, 0.2) is 30.3 Å². The van der Waals surface area contributed by atoms with E-state index in [1.807, 2.05) is 30.3 Å². The van der Waals surface area contributed by atoms with Gasteiger partial charge in [-0.3, -0.25) is 0 Å². The van der Waals surface area contributed by atoms with Crippen molar-refractivity contribution >= 4 is 90.3 Å². The zero-order valence-electron chi connectivity index (χ0n) is 10.3. The Balaban J connectivity index is 2.53. The Morgan fingerprint density at radius 2 is 1.10 bits per heavy atom. The lowest BCUT2D eigenvalue weighted by Crippen LogP contribution is -1.89. The van der Waals surface area contributed by atoms with Crippen LogP contribution in [0, 0.1) is 0 Å². The Morgan fingerprint density at radius 3 is 1.86 bits per heavy atom. The van der Waals surface area contributed by atoms with Crippen LogP contribution < -0.4 is 0 Å². The molecule has 0 heterocycles. The summed E-state index contributed by atoms with van der Waals surface area (Å²) in [4.78, 5) is 0. The van der Waals surface area contributed by atoms with Gasteiger partial charge in [-0.25, -0.2) is 0 Å². The fourth-order valence-corrected chi connectivity index (χ4v) is 4.24. The van der Waals surface area contributed by atoms with Crippen LogP contribution in [-0.4, -0.2) is 0 Å². The Hall–Kier alpha value is -0.630. The van der Waals surface area contributed by atoms with E-state index in [1.165, 1.54) is 0 Å². The largest absolute Gasteiger partial charge is 0.0820 e. The highest BCUT2D eigenvalue weighted by atomic mass is 35.5. The van der Waals surface area contributed by atoms with E-state index in [2.05, 4.69) is 0 Å². The van der Waals surface area contributed by atoms with E-state index in [1.54, 1.807) is 0 Å². The molecule has 0 N–H and O–H groups in total. The van der Waals surface area contributed by atoms with E-state index in [9.17, 15) is 0 Å². The monoisotopic (exact) mass is 372 g/mol. The Labute approximate surface area is 145 Å². The summed E-state index contributed by atoms with van der Waals surface area (Å²) in [7, 11) is 0. The molecule has 0 spiro atoms. The molecule has 4 aromatic rings. The predicted molar refractivity (Wildman–Crippen MR) is 95.2 cm³/mol. The van der Waals surface area contributed by atoms with Gasteiger partial charge in [0.1, 0.15) is 0 Å². The summed E-state index contributed by atoms with van der Waals surface area (Å²) in [6.45, 7) is 0. The smallest absolute Gasteiger partial charge is 0.0791 e. The molecule has 4 rings (SSSR count). The van der Waals surface area contributed by atoms with Gasteiger partial charge in [-0.2, -0.15) is 0 Å².